The molecule has 3 rings (SSSR count). The van der Waals surface area contributed by atoms with E-state index in [0.717, 1.165) is 47.6 Å². The van der Waals surface area contributed by atoms with Crippen LogP contribution in [0.4, 0.5) is 5.69 Å². The summed E-state index contributed by atoms with van der Waals surface area (Å²) in [6, 6.07) is 13.4. The van der Waals surface area contributed by atoms with Gasteiger partial charge in [-0.15, -0.1) is 0 Å². The highest BCUT2D eigenvalue weighted by atomic mass is 16.5. The first kappa shape index (κ1) is 12.7. The lowest BCUT2D eigenvalue weighted by atomic mass is 10.0. The van der Waals surface area contributed by atoms with Crippen molar-refractivity contribution in [1.29, 1.82) is 0 Å². The SMILES string of the molecule is Nc1cccc(CCC(=O)c2ccc3c(c2)CCO3)c1. The molecule has 0 aliphatic carbocycles. The van der Waals surface area contributed by atoms with Crippen molar-refractivity contribution < 1.29 is 9.53 Å². The van der Waals surface area contributed by atoms with Crippen LogP contribution in [-0.4, -0.2) is 12.4 Å². The van der Waals surface area contributed by atoms with E-state index in [9.17, 15) is 4.79 Å². The van der Waals surface area contributed by atoms with Gasteiger partial charge in [0.15, 0.2) is 5.78 Å². The van der Waals surface area contributed by atoms with Crippen molar-refractivity contribution in [2.24, 2.45) is 0 Å². The summed E-state index contributed by atoms with van der Waals surface area (Å²) in [7, 11) is 0. The van der Waals surface area contributed by atoms with Gasteiger partial charge in [0.05, 0.1) is 6.61 Å². The molecule has 2 aromatic carbocycles. The maximum atomic E-state index is 12.2. The van der Waals surface area contributed by atoms with Gasteiger partial charge in [-0.25, -0.2) is 0 Å². The molecule has 0 atom stereocenters. The number of aryl methyl sites for hydroxylation is 1. The van der Waals surface area contributed by atoms with Gasteiger partial charge < -0.3 is 10.5 Å². The molecule has 0 bridgehead atoms. The van der Waals surface area contributed by atoms with Crippen LogP contribution in [0.3, 0.4) is 0 Å². The second-order valence-corrected chi connectivity index (χ2v) is 5.09. The molecular formula is C17H17NO2. The molecule has 0 radical (unpaired) electrons. The second-order valence-electron chi connectivity index (χ2n) is 5.09. The van der Waals surface area contributed by atoms with Gasteiger partial charge in [-0.1, -0.05) is 12.1 Å². The molecular weight excluding hydrogens is 250 g/mol. The van der Waals surface area contributed by atoms with Crippen molar-refractivity contribution in [3.8, 4) is 5.75 Å². The van der Waals surface area contributed by atoms with E-state index < -0.39 is 0 Å². The number of Topliss-reactive ketones (excluding diaryl/α,β-unsaturated/α-hetero) is 1. The Labute approximate surface area is 118 Å². The van der Waals surface area contributed by atoms with E-state index in [4.69, 9.17) is 10.5 Å². The van der Waals surface area contributed by atoms with E-state index in [1.54, 1.807) is 0 Å². The van der Waals surface area contributed by atoms with Gasteiger partial charge in [-0.2, -0.15) is 0 Å². The van der Waals surface area contributed by atoms with Crippen LogP contribution < -0.4 is 10.5 Å². The van der Waals surface area contributed by atoms with Crippen molar-refractivity contribution in [3.05, 3.63) is 59.2 Å². The highest BCUT2D eigenvalue weighted by molar-refractivity contribution is 5.96. The number of ether oxygens (including phenoxy) is 1. The first-order valence-corrected chi connectivity index (χ1v) is 6.86. The van der Waals surface area contributed by atoms with Crippen LogP contribution in [0, 0.1) is 0 Å². The van der Waals surface area contributed by atoms with Crippen molar-refractivity contribution in [3.63, 3.8) is 0 Å². The standard InChI is InChI=1S/C17H17NO2/c18-15-3-1-2-12(10-15)4-6-16(19)13-5-7-17-14(11-13)8-9-20-17/h1-3,5,7,10-11H,4,6,8-9,18H2. The van der Waals surface area contributed by atoms with E-state index >= 15 is 0 Å². The molecule has 0 fully saturated rings. The van der Waals surface area contributed by atoms with E-state index in [0.29, 0.717) is 6.42 Å². The number of hydrogen-bond acceptors (Lipinski definition) is 3. The van der Waals surface area contributed by atoms with Crippen molar-refractivity contribution >= 4 is 11.5 Å². The normalized spacial score (nSPS) is 12.8. The fourth-order valence-electron chi connectivity index (χ4n) is 2.51. The maximum absolute atomic E-state index is 12.2. The zero-order valence-electron chi connectivity index (χ0n) is 11.3. The minimum absolute atomic E-state index is 0.169. The molecule has 0 unspecified atom stereocenters. The molecule has 0 spiro atoms. The fourth-order valence-corrected chi connectivity index (χ4v) is 2.51. The highest BCUT2D eigenvalue weighted by Gasteiger charge is 2.14. The summed E-state index contributed by atoms with van der Waals surface area (Å²) >= 11 is 0. The topological polar surface area (TPSA) is 52.3 Å². The van der Waals surface area contributed by atoms with Crippen LogP contribution in [-0.2, 0) is 12.8 Å². The molecule has 3 nitrogen and oxygen atoms in total. The zero-order chi connectivity index (χ0) is 13.9. The van der Waals surface area contributed by atoms with Gasteiger partial charge in [-0.3, -0.25) is 4.79 Å². The van der Waals surface area contributed by atoms with Crippen LogP contribution in [0.15, 0.2) is 42.5 Å². The molecule has 0 saturated heterocycles. The number of carbonyl (C=O) groups is 1. The molecule has 20 heavy (non-hydrogen) atoms. The number of benzene rings is 2. The molecule has 1 heterocycles. The Bertz CT molecular complexity index is 649. The number of carbonyl (C=O) groups excluding carboxylic acids is 1. The summed E-state index contributed by atoms with van der Waals surface area (Å²) in [6.45, 7) is 0.719. The third-order valence-corrected chi connectivity index (χ3v) is 3.60. The number of ketones is 1. The maximum Gasteiger partial charge on any atom is 0.163 e. The molecule has 1 aliphatic rings. The van der Waals surface area contributed by atoms with Gasteiger partial charge in [0.2, 0.25) is 0 Å². The summed E-state index contributed by atoms with van der Waals surface area (Å²) in [6.07, 6.45) is 2.12. The smallest absolute Gasteiger partial charge is 0.163 e. The minimum atomic E-state index is 0.169. The number of nitrogen functional groups attached to an aromatic ring is 1. The second kappa shape index (κ2) is 5.37. The predicted octanol–water partition coefficient (Wildman–Crippen LogP) is 3.02. The van der Waals surface area contributed by atoms with Gasteiger partial charge >= 0.3 is 0 Å². The largest absolute Gasteiger partial charge is 0.493 e. The van der Waals surface area contributed by atoms with Gasteiger partial charge in [0, 0.05) is 24.1 Å². The average molecular weight is 267 g/mol. The first-order chi connectivity index (χ1) is 9.72. The molecule has 102 valence electrons. The Kier molecular flexibility index (Phi) is 3.42. The fraction of sp³-hybridized carbons (Fsp3) is 0.235. The number of nitrogens with two attached hydrogens (primary N) is 1. The molecule has 0 aromatic heterocycles. The number of fused-ring (bicyclic) bond motifs is 1. The van der Waals surface area contributed by atoms with Crippen LogP contribution >= 0.6 is 0 Å². The van der Waals surface area contributed by atoms with E-state index in [-0.39, 0.29) is 5.78 Å². The molecule has 2 N–H and O–H groups in total. The van der Waals surface area contributed by atoms with Crippen molar-refractivity contribution in [2.45, 2.75) is 19.3 Å². The molecule has 1 aliphatic heterocycles. The van der Waals surface area contributed by atoms with Crippen LogP contribution in [0.2, 0.25) is 0 Å². The lowest BCUT2D eigenvalue weighted by Gasteiger charge is -2.05. The summed E-state index contributed by atoms with van der Waals surface area (Å²) in [5.41, 5.74) is 9.49. The highest BCUT2D eigenvalue weighted by Crippen LogP contribution is 2.26. The first-order valence-electron chi connectivity index (χ1n) is 6.86. The number of rotatable bonds is 4. The molecule has 0 amide bonds. The number of anilines is 1. The van der Waals surface area contributed by atoms with E-state index in [1.807, 2.05) is 42.5 Å². The van der Waals surface area contributed by atoms with Crippen LogP contribution in [0.25, 0.3) is 0 Å². The Morgan fingerprint density at radius 3 is 2.95 bits per heavy atom. The van der Waals surface area contributed by atoms with Crippen LogP contribution in [0.5, 0.6) is 5.75 Å². The van der Waals surface area contributed by atoms with E-state index in [1.165, 1.54) is 0 Å². The number of hydrogen-bond donors (Lipinski definition) is 1. The van der Waals surface area contributed by atoms with Crippen LogP contribution in [0.1, 0.15) is 27.9 Å². The molecule has 2 aromatic rings. The van der Waals surface area contributed by atoms with Gasteiger partial charge in [-0.05, 0) is 47.9 Å². The quantitative estimate of drug-likeness (QED) is 0.684. The van der Waals surface area contributed by atoms with Gasteiger partial charge in [0.25, 0.3) is 0 Å². The zero-order valence-corrected chi connectivity index (χ0v) is 11.3. The van der Waals surface area contributed by atoms with E-state index in [2.05, 4.69) is 0 Å². The monoisotopic (exact) mass is 267 g/mol. The average Bonchev–Trinajstić information content (AvgIpc) is 2.92. The molecule has 0 saturated carbocycles. The third-order valence-electron chi connectivity index (χ3n) is 3.60. The predicted molar refractivity (Wildman–Crippen MR) is 79.1 cm³/mol. The Morgan fingerprint density at radius 2 is 2.10 bits per heavy atom. The lowest BCUT2D eigenvalue weighted by Crippen LogP contribution is -2.02. The minimum Gasteiger partial charge on any atom is -0.493 e. The summed E-state index contributed by atoms with van der Waals surface area (Å²) in [4.78, 5) is 12.2. The summed E-state index contributed by atoms with van der Waals surface area (Å²) < 4.78 is 5.45. The summed E-state index contributed by atoms with van der Waals surface area (Å²) in [5, 5.41) is 0. The Balaban J connectivity index is 1.67. The Morgan fingerprint density at radius 1 is 1.20 bits per heavy atom. The van der Waals surface area contributed by atoms with Crippen molar-refractivity contribution in [2.75, 3.05) is 12.3 Å². The lowest BCUT2D eigenvalue weighted by molar-refractivity contribution is 0.0983. The van der Waals surface area contributed by atoms with Gasteiger partial charge in [0.1, 0.15) is 5.75 Å². The van der Waals surface area contributed by atoms with Crippen molar-refractivity contribution in [1.82, 2.24) is 0 Å². The summed E-state index contributed by atoms with van der Waals surface area (Å²) in [5.74, 6) is 1.08. The third kappa shape index (κ3) is 2.67. The Hall–Kier alpha value is -2.29. The molecule has 3 heteroatoms.